The zero-order valence-electron chi connectivity index (χ0n) is 16.2. The van der Waals surface area contributed by atoms with Crippen LogP contribution in [0.4, 0.5) is 11.4 Å². The fraction of sp³-hybridized carbons (Fsp3) is 0.333. The van der Waals surface area contributed by atoms with E-state index in [4.69, 9.17) is 21.1 Å². The minimum absolute atomic E-state index is 0.0705. The van der Waals surface area contributed by atoms with Crippen LogP contribution in [-0.4, -0.2) is 24.3 Å². The second-order valence-electron chi connectivity index (χ2n) is 7.53. The van der Waals surface area contributed by atoms with Crippen LogP contribution in [-0.2, 0) is 5.41 Å². The average molecular weight is 401 g/mol. The van der Waals surface area contributed by atoms with Crippen LogP contribution in [0.3, 0.4) is 0 Å². The van der Waals surface area contributed by atoms with E-state index in [1.165, 1.54) is 6.07 Å². The van der Waals surface area contributed by atoms with Gasteiger partial charge in [0.1, 0.15) is 5.75 Å². The first-order valence-corrected chi connectivity index (χ1v) is 9.46. The number of anilines is 1. The number of benzene rings is 2. The van der Waals surface area contributed by atoms with Crippen LogP contribution in [0, 0.1) is 10.1 Å². The largest absolute Gasteiger partial charge is 0.487 e. The molecule has 0 bridgehead atoms. The molecule has 2 heterocycles. The summed E-state index contributed by atoms with van der Waals surface area (Å²) >= 11 is 6.25. The molecule has 28 heavy (non-hydrogen) atoms. The molecule has 2 aromatic carbocycles. The molecule has 146 valence electrons. The highest BCUT2D eigenvalue weighted by molar-refractivity contribution is 6.30. The van der Waals surface area contributed by atoms with Crippen molar-refractivity contribution in [1.82, 2.24) is 0 Å². The van der Waals surface area contributed by atoms with Crippen LogP contribution in [0.1, 0.15) is 31.9 Å². The van der Waals surface area contributed by atoms with Gasteiger partial charge in [-0.05, 0) is 56.7 Å². The van der Waals surface area contributed by atoms with Crippen molar-refractivity contribution < 1.29 is 14.4 Å². The van der Waals surface area contributed by atoms with Crippen LogP contribution >= 0.6 is 11.6 Å². The highest BCUT2D eigenvalue weighted by Gasteiger charge is 2.57. The van der Waals surface area contributed by atoms with Gasteiger partial charge in [-0.3, -0.25) is 10.1 Å². The molecular formula is C21H21ClN2O4. The maximum absolute atomic E-state index is 11.4. The van der Waals surface area contributed by atoms with Gasteiger partial charge in [0.25, 0.3) is 0 Å². The molecule has 0 radical (unpaired) electrons. The Morgan fingerprint density at radius 2 is 2.04 bits per heavy atom. The monoisotopic (exact) mass is 400 g/mol. The number of nitro groups is 1. The Morgan fingerprint density at radius 1 is 1.29 bits per heavy atom. The Kier molecular flexibility index (Phi) is 4.08. The molecule has 0 N–H and O–H groups in total. The third kappa shape index (κ3) is 2.41. The molecule has 0 fully saturated rings. The summed E-state index contributed by atoms with van der Waals surface area (Å²) in [4.78, 5) is 13.1. The summed E-state index contributed by atoms with van der Waals surface area (Å²) in [5, 5.41) is 12.1. The predicted octanol–water partition coefficient (Wildman–Crippen LogP) is 5.18. The van der Waals surface area contributed by atoms with Gasteiger partial charge in [0, 0.05) is 35.5 Å². The molecule has 2 aromatic rings. The molecule has 2 aliphatic rings. The van der Waals surface area contributed by atoms with Gasteiger partial charge < -0.3 is 14.4 Å². The zero-order valence-corrected chi connectivity index (χ0v) is 16.9. The molecular weight excluding hydrogens is 380 g/mol. The summed E-state index contributed by atoms with van der Waals surface area (Å²) in [7, 11) is 1.98. The number of likely N-dealkylation sites (N-methyl/N-ethyl adjacent to an activating group) is 1. The number of halogens is 1. The van der Waals surface area contributed by atoms with Gasteiger partial charge >= 0.3 is 5.69 Å². The van der Waals surface area contributed by atoms with E-state index in [1.54, 1.807) is 13.0 Å². The maximum Gasteiger partial charge on any atom is 0.311 e. The molecule has 2 aliphatic heterocycles. The van der Waals surface area contributed by atoms with Gasteiger partial charge in [-0.25, -0.2) is 0 Å². The molecule has 0 saturated carbocycles. The van der Waals surface area contributed by atoms with E-state index in [0.717, 1.165) is 11.3 Å². The predicted molar refractivity (Wildman–Crippen MR) is 110 cm³/mol. The van der Waals surface area contributed by atoms with Crippen molar-refractivity contribution >= 4 is 29.1 Å². The molecule has 1 atom stereocenters. The molecule has 0 saturated heterocycles. The SMILES string of the molecule is CCOc1cc2c(cc1[N+](=O)[O-])C=CC1(O2)N(C)c2ccc(Cl)cc2C1(C)C. The van der Waals surface area contributed by atoms with Crippen molar-refractivity contribution in [1.29, 1.82) is 0 Å². The van der Waals surface area contributed by atoms with E-state index in [0.29, 0.717) is 22.9 Å². The summed E-state index contributed by atoms with van der Waals surface area (Å²) < 4.78 is 12.0. The molecule has 4 rings (SSSR count). The van der Waals surface area contributed by atoms with Crippen molar-refractivity contribution in [2.75, 3.05) is 18.6 Å². The zero-order chi connectivity index (χ0) is 20.3. The molecule has 0 aromatic heterocycles. The minimum atomic E-state index is -0.785. The normalized spacial score (nSPS) is 21.2. The fourth-order valence-corrected chi connectivity index (χ4v) is 4.38. The molecule has 1 unspecified atom stereocenters. The molecule has 6 nitrogen and oxygen atoms in total. The van der Waals surface area contributed by atoms with Gasteiger partial charge in [-0.15, -0.1) is 0 Å². The number of ether oxygens (including phenoxy) is 2. The second kappa shape index (κ2) is 6.14. The Hall–Kier alpha value is -2.73. The Labute approximate surface area is 168 Å². The number of hydrogen-bond acceptors (Lipinski definition) is 5. The van der Waals surface area contributed by atoms with Crippen LogP contribution in [0.15, 0.2) is 36.4 Å². The van der Waals surface area contributed by atoms with Gasteiger partial charge in [0.05, 0.1) is 16.9 Å². The van der Waals surface area contributed by atoms with E-state index < -0.39 is 16.1 Å². The van der Waals surface area contributed by atoms with Crippen LogP contribution in [0.25, 0.3) is 6.08 Å². The first-order valence-electron chi connectivity index (χ1n) is 9.08. The third-order valence-corrected chi connectivity index (χ3v) is 5.96. The van der Waals surface area contributed by atoms with Gasteiger partial charge in [-0.1, -0.05) is 11.6 Å². The van der Waals surface area contributed by atoms with Crippen LogP contribution in [0.2, 0.25) is 5.02 Å². The lowest BCUT2D eigenvalue weighted by Crippen LogP contribution is -2.58. The summed E-state index contributed by atoms with van der Waals surface area (Å²) in [5.74, 6) is 0.756. The second-order valence-corrected chi connectivity index (χ2v) is 7.96. The van der Waals surface area contributed by atoms with Gasteiger partial charge in [0.2, 0.25) is 11.5 Å². The average Bonchev–Trinajstić information content (AvgIpc) is 2.80. The lowest BCUT2D eigenvalue weighted by atomic mass is 9.76. The summed E-state index contributed by atoms with van der Waals surface area (Å²) in [6, 6.07) is 8.93. The Morgan fingerprint density at radius 3 is 2.71 bits per heavy atom. The summed E-state index contributed by atoms with van der Waals surface area (Å²) in [5.41, 5.74) is 1.51. The standard InChI is InChI=1S/C21H21ClN2O4/c1-5-27-19-12-18-13(10-17(19)24(25)26)8-9-21(28-18)20(2,3)15-11-14(22)6-7-16(15)23(21)4/h6-12H,5H2,1-4H3. The number of nitro benzene ring substituents is 1. The van der Waals surface area contributed by atoms with Crippen molar-refractivity contribution in [3.8, 4) is 11.5 Å². The number of nitrogens with zero attached hydrogens (tertiary/aromatic N) is 2. The Balaban J connectivity index is 1.85. The third-order valence-electron chi connectivity index (χ3n) is 5.73. The molecule has 1 spiro atoms. The first kappa shape index (κ1) is 18.6. The lowest BCUT2D eigenvalue weighted by molar-refractivity contribution is -0.385. The number of rotatable bonds is 3. The summed E-state index contributed by atoms with van der Waals surface area (Å²) in [6.45, 7) is 6.33. The van der Waals surface area contributed by atoms with E-state index in [9.17, 15) is 10.1 Å². The lowest BCUT2D eigenvalue weighted by Gasteiger charge is -2.45. The van der Waals surface area contributed by atoms with Crippen molar-refractivity contribution in [2.45, 2.75) is 31.9 Å². The van der Waals surface area contributed by atoms with E-state index in [1.807, 2.05) is 37.4 Å². The first-order chi connectivity index (χ1) is 13.2. The molecule has 0 amide bonds. The van der Waals surface area contributed by atoms with Crippen LogP contribution in [0.5, 0.6) is 11.5 Å². The smallest absolute Gasteiger partial charge is 0.311 e. The fourth-order valence-electron chi connectivity index (χ4n) is 4.21. The minimum Gasteiger partial charge on any atom is -0.487 e. The van der Waals surface area contributed by atoms with Gasteiger partial charge in [-0.2, -0.15) is 0 Å². The van der Waals surface area contributed by atoms with Gasteiger partial charge in [0.15, 0.2) is 0 Å². The van der Waals surface area contributed by atoms with E-state index >= 15 is 0 Å². The van der Waals surface area contributed by atoms with Crippen molar-refractivity contribution in [3.63, 3.8) is 0 Å². The van der Waals surface area contributed by atoms with Crippen LogP contribution < -0.4 is 14.4 Å². The number of fused-ring (bicyclic) bond motifs is 2. The molecule has 7 heteroatoms. The maximum atomic E-state index is 11.4. The number of hydrogen-bond donors (Lipinski definition) is 0. The topological polar surface area (TPSA) is 64.8 Å². The molecule has 0 aliphatic carbocycles. The van der Waals surface area contributed by atoms with E-state index in [-0.39, 0.29) is 11.4 Å². The summed E-state index contributed by atoms with van der Waals surface area (Å²) in [6.07, 6.45) is 3.85. The quantitative estimate of drug-likeness (QED) is 0.524. The Bertz CT molecular complexity index is 1020. The van der Waals surface area contributed by atoms with Crippen molar-refractivity contribution in [2.24, 2.45) is 0 Å². The highest BCUT2D eigenvalue weighted by Crippen LogP contribution is 2.55. The highest BCUT2D eigenvalue weighted by atomic mass is 35.5. The van der Waals surface area contributed by atoms with E-state index in [2.05, 4.69) is 18.7 Å². The van der Waals surface area contributed by atoms with Crippen molar-refractivity contribution in [3.05, 3.63) is 62.7 Å².